The van der Waals surface area contributed by atoms with Crippen molar-refractivity contribution in [3.63, 3.8) is 0 Å². The molecule has 0 bridgehead atoms. The van der Waals surface area contributed by atoms with E-state index in [1.807, 2.05) is 13.8 Å². The number of halogens is 1. The number of aryl methyl sites for hydroxylation is 1. The minimum Gasteiger partial charge on any atom is -0.465 e. The molecule has 2 amide bonds. The Balaban J connectivity index is 2.25. The number of hydrogen-bond acceptors (Lipinski definition) is 4. The van der Waals surface area contributed by atoms with Gasteiger partial charge in [0.2, 0.25) is 0 Å². The average molecular weight is 406 g/mol. The summed E-state index contributed by atoms with van der Waals surface area (Å²) in [5.74, 6) is -1.09. The summed E-state index contributed by atoms with van der Waals surface area (Å²) in [5.41, 5.74) is 2.47. The number of esters is 1. The van der Waals surface area contributed by atoms with Gasteiger partial charge in [-0.1, -0.05) is 11.6 Å². The molecule has 0 unspecified atom stereocenters. The van der Waals surface area contributed by atoms with Crippen LogP contribution in [0.15, 0.2) is 18.2 Å². The summed E-state index contributed by atoms with van der Waals surface area (Å²) in [4.78, 5) is 41.5. The van der Waals surface area contributed by atoms with Crippen LogP contribution in [-0.2, 0) is 4.74 Å². The van der Waals surface area contributed by atoms with Gasteiger partial charge in [-0.3, -0.25) is 9.59 Å². The molecule has 0 saturated heterocycles. The van der Waals surface area contributed by atoms with E-state index in [-0.39, 0.29) is 16.6 Å². The first-order valence-corrected chi connectivity index (χ1v) is 9.30. The quantitative estimate of drug-likeness (QED) is 0.715. The molecule has 0 aliphatic carbocycles. The maximum absolute atomic E-state index is 12.6. The van der Waals surface area contributed by atoms with E-state index in [1.165, 1.54) is 13.2 Å². The topological polar surface area (TPSA) is 91.5 Å². The Morgan fingerprint density at radius 2 is 1.82 bits per heavy atom. The summed E-state index contributed by atoms with van der Waals surface area (Å²) in [6.45, 7) is 8.32. The van der Waals surface area contributed by atoms with E-state index in [2.05, 4.69) is 10.3 Å². The van der Waals surface area contributed by atoms with Crippen LogP contribution in [0.5, 0.6) is 0 Å². The molecule has 0 radical (unpaired) electrons. The van der Waals surface area contributed by atoms with Crippen molar-refractivity contribution in [3.05, 3.63) is 51.3 Å². The van der Waals surface area contributed by atoms with Crippen molar-refractivity contribution in [1.82, 2.24) is 9.88 Å². The lowest BCUT2D eigenvalue weighted by molar-refractivity contribution is 0.0599. The van der Waals surface area contributed by atoms with Crippen LogP contribution in [0.2, 0.25) is 5.02 Å². The number of methoxy groups -OCH3 is 1. The lowest BCUT2D eigenvalue weighted by atomic mass is 10.1. The molecule has 2 aromatic rings. The highest BCUT2D eigenvalue weighted by atomic mass is 35.5. The smallest absolute Gasteiger partial charge is 0.339 e. The largest absolute Gasteiger partial charge is 0.465 e. The van der Waals surface area contributed by atoms with Gasteiger partial charge in [0.25, 0.3) is 11.8 Å². The lowest BCUT2D eigenvalue weighted by Crippen LogP contribution is -2.30. The molecule has 0 spiro atoms. The van der Waals surface area contributed by atoms with Crippen LogP contribution in [0.25, 0.3) is 0 Å². The monoisotopic (exact) mass is 405 g/mol. The number of ether oxygens (including phenoxy) is 1. The maximum atomic E-state index is 12.6. The van der Waals surface area contributed by atoms with Crippen LogP contribution in [0.4, 0.5) is 5.69 Å². The third-order valence-corrected chi connectivity index (χ3v) is 4.87. The number of nitrogens with zero attached hydrogens (tertiary/aromatic N) is 1. The number of carbonyl (C=O) groups is 3. The number of benzene rings is 1. The van der Waals surface area contributed by atoms with E-state index in [0.717, 1.165) is 0 Å². The van der Waals surface area contributed by atoms with Crippen molar-refractivity contribution in [1.29, 1.82) is 0 Å². The number of nitrogens with one attached hydrogen (secondary N) is 2. The van der Waals surface area contributed by atoms with Crippen LogP contribution >= 0.6 is 11.6 Å². The zero-order valence-corrected chi connectivity index (χ0v) is 17.4. The molecule has 7 nitrogen and oxygen atoms in total. The zero-order valence-electron chi connectivity index (χ0n) is 16.6. The Labute approximate surface area is 169 Å². The van der Waals surface area contributed by atoms with Crippen molar-refractivity contribution >= 4 is 35.1 Å². The molecule has 1 aromatic heterocycles. The number of amides is 2. The summed E-state index contributed by atoms with van der Waals surface area (Å²) in [6, 6.07) is 4.74. The van der Waals surface area contributed by atoms with Crippen LogP contribution in [0, 0.1) is 13.8 Å². The molecule has 1 aromatic carbocycles. The minimum atomic E-state index is -0.507. The summed E-state index contributed by atoms with van der Waals surface area (Å²) in [5, 5.41) is 2.98. The molecule has 28 heavy (non-hydrogen) atoms. The summed E-state index contributed by atoms with van der Waals surface area (Å²) < 4.78 is 4.75. The van der Waals surface area contributed by atoms with E-state index in [0.29, 0.717) is 41.2 Å². The Bertz CT molecular complexity index is 916. The molecule has 2 N–H and O–H groups in total. The molecular weight excluding hydrogens is 382 g/mol. The van der Waals surface area contributed by atoms with Gasteiger partial charge in [0, 0.05) is 24.5 Å². The fourth-order valence-electron chi connectivity index (χ4n) is 3.03. The van der Waals surface area contributed by atoms with Gasteiger partial charge >= 0.3 is 5.97 Å². The average Bonchev–Trinajstić information content (AvgIpc) is 2.96. The first-order chi connectivity index (χ1) is 13.2. The number of hydrogen-bond donors (Lipinski definition) is 2. The van der Waals surface area contributed by atoms with Gasteiger partial charge in [-0.2, -0.15) is 0 Å². The van der Waals surface area contributed by atoms with Gasteiger partial charge < -0.3 is 19.9 Å². The molecule has 8 heteroatoms. The van der Waals surface area contributed by atoms with E-state index in [4.69, 9.17) is 16.3 Å². The van der Waals surface area contributed by atoms with E-state index in [1.54, 1.807) is 30.9 Å². The van der Waals surface area contributed by atoms with Gasteiger partial charge in [-0.15, -0.1) is 0 Å². The van der Waals surface area contributed by atoms with Gasteiger partial charge in [-0.25, -0.2) is 4.79 Å². The Morgan fingerprint density at radius 3 is 2.36 bits per heavy atom. The summed E-state index contributed by atoms with van der Waals surface area (Å²) >= 11 is 6.26. The molecule has 150 valence electrons. The Hall–Kier alpha value is -2.80. The highest BCUT2D eigenvalue weighted by molar-refractivity contribution is 6.34. The third kappa shape index (κ3) is 4.20. The fraction of sp³-hybridized carbons (Fsp3) is 0.350. The van der Waals surface area contributed by atoms with Gasteiger partial charge in [0.05, 0.1) is 23.3 Å². The summed E-state index contributed by atoms with van der Waals surface area (Å²) in [6.07, 6.45) is 0. The third-order valence-electron chi connectivity index (χ3n) is 4.56. The Kier molecular flexibility index (Phi) is 6.85. The van der Waals surface area contributed by atoms with E-state index >= 15 is 0 Å². The van der Waals surface area contributed by atoms with Crippen molar-refractivity contribution in [2.75, 3.05) is 25.5 Å². The number of aromatic amines is 1. The lowest BCUT2D eigenvalue weighted by Gasteiger charge is -2.19. The van der Waals surface area contributed by atoms with Crippen LogP contribution in [-0.4, -0.2) is 47.9 Å². The van der Waals surface area contributed by atoms with Gasteiger partial charge in [-0.05, 0) is 51.5 Å². The minimum absolute atomic E-state index is 0.161. The normalized spacial score (nSPS) is 10.5. The highest BCUT2D eigenvalue weighted by Crippen LogP contribution is 2.24. The maximum Gasteiger partial charge on any atom is 0.339 e. The molecule has 0 aliphatic heterocycles. The second kappa shape index (κ2) is 8.93. The van der Waals surface area contributed by atoms with E-state index in [9.17, 15) is 14.4 Å². The van der Waals surface area contributed by atoms with Crippen molar-refractivity contribution < 1.29 is 19.1 Å². The van der Waals surface area contributed by atoms with Crippen LogP contribution < -0.4 is 5.32 Å². The molecule has 0 saturated carbocycles. The number of H-pyrrole nitrogens is 1. The first-order valence-electron chi connectivity index (χ1n) is 8.92. The molecule has 0 fully saturated rings. The SMILES string of the molecule is CCN(CC)C(=O)c1ccc(NC(=O)c2[nH]c(C)c(C(=O)OC)c2C)cc1Cl. The molecule has 0 atom stereocenters. The zero-order chi connectivity index (χ0) is 21.0. The van der Waals surface area contributed by atoms with E-state index < -0.39 is 11.9 Å². The predicted molar refractivity (Wildman–Crippen MR) is 108 cm³/mol. The number of rotatable bonds is 6. The van der Waals surface area contributed by atoms with Crippen molar-refractivity contribution in [2.24, 2.45) is 0 Å². The summed E-state index contributed by atoms with van der Waals surface area (Å²) in [7, 11) is 1.29. The van der Waals surface area contributed by atoms with Crippen molar-refractivity contribution in [3.8, 4) is 0 Å². The van der Waals surface area contributed by atoms with Gasteiger partial charge in [0.1, 0.15) is 5.69 Å². The number of aromatic nitrogens is 1. The predicted octanol–water partition coefficient (Wildman–Crippen LogP) is 3.81. The molecule has 2 rings (SSSR count). The molecular formula is C20H24ClN3O4. The molecule has 1 heterocycles. The number of anilines is 1. The van der Waals surface area contributed by atoms with Gasteiger partial charge in [0.15, 0.2) is 0 Å². The fourth-order valence-corrected chi connectivity index (χ4v) is 3.29. The highest BCUT2D eigenvalue weighted by Gasteiger charge is 2.23. The van der Waals surface area contributed by atoms with Crippen LogP contribution in [0.1, 0.15) is 56.3 Å². The Morgan fingerprint density at radius 1 is 1.18 bits per heavy atom. The number of carbonyl (C=O) groups excluding carboxylic acids is 3. The standard InChI is InChI=1S/C20H24ClN3O4/c1-6-24(7-2)19(26)14-9-8-13(10-15(14)21)23-18(25)17-11(3)16(12(4)22-17)20(27)28-5/h8-10,22H,6-7H2,1-5H3,(H,23,25). The molecule has 0 aliphatic rings. The second-order valence-electron chi connectivity index (χ2n) is 6.24. The van der Waals surface area contributed by atoms with Crippen LogP contribution in [0.3, 0.4) is 0 Å². The second-order valence-corrected chi connectivity index (χ2v) is 6.65. The first kappa shape index (κ1) is 21.5. The van der Waals surface area contributed by atoms with Crippen molar-refractivity contribution in [2.45, 2.75) is 27.7 Å².